The number of aromatic nitrogens is 4. The van der Waals surface area contributed by atoms with E-state index in [0.29, 0.717) is 17.1 Å². The third-order valence-electron chi connectivity index (χ3n) is 3.22. The Bertz CT molecular complexity index is 929. The number of hydrogen-bond acceptors (Lipinski definition) is 7. The molecule has 0 aromatic carbocycles. The first-order valence-electron chi connectivity index (χ1n) is 7.04. The number of rotatable bonds is 4. The van der Waals surface area contributed by atoms with Gasteiger partial charge >= 0.3 is 0 Å². The van der Waals surface area contributed by atoms with E-state index in [1.165, 1.54) is 11.9 Å². The monoisotopic (exact) mass is 341 g/mol. The molecule has 0 aliphatic rings. The van der Waals surface area contributed by atoms with Crippen molar-refractivity contribution in [3.8, 4) is 29.0 Å². The summed E-state index contributed by atoms with van der Waals surface area (Å²) in [6.45, 7) is -0.205. The van der Waals surface area contributed by atoms with Gasteiger partial charge in [-0.25, -0.2) is 14.5 Å². The molecule has 2 N–H and O–H groups in total. The summed E-state index contributed by atoms with van der Waals surface area (Å²) in [6, 6.07) is 3.78. The average molecular weight is 341 g/mol. The minimum absolute atomic E-state index is 0.205. The molecule has 0 saturated carbocycles. The zero-order valence-corrected chi connectivity index (χ0v) is 14.0. The molecule has 0 bridgehead atoms. The molecule has 0 amide bonds. The zero-order valence-electron chi connectivity index (χ0n) is 13.1. The van der Waals surface area contributed by atoms with Gasteiger partial charge in [0.15, 0.2) is 5.65 Å². The summed E-state index contributed by atoms with van der Waals surface area (Å²) in [5.41, 5.74) is 3.66. The Hall–Kier alpha value is -2.76. The van der Waals surface area contributed by atoms with E-state index in [1.807, 2.05) is 24.6 Å². The molecule has 0 fully saturated rings. The Labute approximate surface area is 143 Å². The molecule has 3 rings (SSSR count). The van der Waals surface area contributed by atoms with Crippen molar-refractivity contribution in [2.24, 2.45) is 0 Å². The molecule has 122 valence electrons. The van der Waals surface area contributed by atoms with Crippen LogP contribution in [0.4, 0.5) is 5.69 Å². The summed E-state index contributed by atoms with van der Waals surface area (Å²) < 4.78 is 10.0. The number of methoxy groups -OCH3 is 1. The number of aliphatic hydroxyl groups excluding tert-OH is 1. The van der Waals surface area contributed by atoms with E-state index in [9.17, 15) is 0 Å². The van der Waals surface area contributed by atoms with Gasteiger partial charge in [-0.1, -0.05) is 23.8 Å². The third-order valence-corrected chi connectivity index (χ3v) is 3.65. The van der Waals surface area contributed by atoms with Crippen molar-refractivity contribution in [1.29, 1.82) is 0 Å². The summed E-state index contributed by atoms with van der Waals surface area (Å²) in [5, 5.41) is 13.0. The normalized spacial score (nSPS) is 10.3. The number of nitrogens with one attached hydrogen (secondary N) is 1. The standard InChI is InChI=1S/C16H15N5O2S/c1-23-16-14(20-24-2)8-12(9-17-16)13-5-6-21-15(19-13)11(10-18-21)4-3-7-22/h5-6,8-10,20,22H,7H2,1-2H3. The maximum atomic E-state index is 8.85. The molecule has 0 aliphatic heterocycles. The first-order valence-corrected chi connectivity index (χ1v) is 8.27. The van der Waals surface area contributed by atoms with Gasteiger partial charge in [-0.3, -0.25) is 0 Å². The summed E-state index contributed by atoms with van der Waals surface area (Å²) >= 11 is 1.46. The summed E-state index contributed by atoms with van der Waals surface area (Å²) in [6.07, 6.45) is 7.07. The topological polar surface area (TPSA) is 84.6 Å². The fourth-order valence-corrected chi connectivity index (χ4v) is 2.56. The number of anilines is 1. The molecule has 0 unspecified atom stereocenters. The highest BCUT2D eigenvalue weighted by Crippen LogP contribution is 2.29. The van der Waals surface area contributed by atoms with Crippen LogP contribution in [0, 0.1) is 11.8 Å². The number of fused-ring (bicyclic) bond motifs is 1. The van der Waals surface area contributed by atoms with Crippen molar-refractivity contribution >= 4 is 23.3 Å². The third kappa shape index (κ3) is 3.13. The minimum Gasteiger partial charge on any atom is -0.480 e. The first kappa shape index (κ1) is 16.1. The lowest BCUT2D eigenvalue weighted by atomic mass is 10.2. The molecule has 0 aliphatic carbocycles. The summed E-state index contributed by atoms with van der Waals surface area (Å²) in [4.78, 5) is 8.93. The van der Waals surface area contributed by atoms with E-state index in [0.717, 1.165) is 16.9 Å². The van der Waals surface area contributed by atoms with E-state index < -0.39 is 0 Å². The van der Waals surface area contributed by atoms with Crippen molar-refractivity contribution in [2.75, 3.05) is 24.7 Å². The van der Waals surface area contributed by atoms with Crippen LogP contribution in [0.5, 0.6) is 5.88 Å². The summed E-state index contributed by atoms with van der Waals surface area (Å²) in [7, 11) is 1.58. The van der Waals surface area contributed by atoms with Crippen LogP contribution in [-0.4, -0.2) is 44.7 Å². The lowest BCUT2D eigenvalue weighted by molar-refractivity contribution is 0.350. The Morgan fingerprint density at radius 3 is 3.04 bits per heavy atom. The largest absolute Gasteiger partial charge is 0.480 e. The SMILES string of the molecule is COc1ncc(-c2ccn3ncc(C#CCO)c3n2)cc1NSC. The number of nitrogens with zero attached hydrogens (tertiary/aromatic N) is 4. The van der Waals surface area contributed by atoms with Crippen molar-refractivity contribution in [3.63, 3.8) is 0 Å². The highest BCUT2D eigenvalue weighted by Gasteiger charge is 2.10. The second kappa shape index (κ2) is 7.21. The lowest BCUT2D eigenvalue weighted by Crippen LogP contribution is -1.97. The van der Waals surface area contributed by atoms with E-state index in [4.69, 9.17) is 9.84 Å². The molecule has 7 nitrogen and oxygen atoms in total. The lowest BCUT2D eigenvalue weighted by Gasteiger charge is -2.10. The van der Waals surface area contributed by atoms with Crippen LogP contribution in [0.2, 0.25) is 0 Å². The number of aliphatic hydroxyl groups is 1. The molecular weight excluding hydrogens is 326 g/mol. The molecule has 0 radical (unpaired) electrons. The smallest absolute Gasteiger partial charge is 0.237 e. The van der Waals surface area contributed by atoms with Crippen molar-refractivity contribution in [3.05, 3.63) is 36.3 Å². The molecule has 3 aromatic heterocycles. The van der Waals surface area contributed by atoms with Crippen LogP contribution in [0.3, 0.4) is 0 Å². The fraction of sp³-hybridized carbons (Fsp3) is 0.188. The highest BCUT2D eigenvalue weighted by molar-refractivity contribution is 7.99. The van der Waals surface area contributed by atoms with Crippen LogP contribution >= 0.6 is 11.9 Å². The predicted octanol–water partition coefficient (Wildman–Crippen LogP) is 1.83. The second-order valence-electron chi connectivity index (χ2n) is 4.69. The van der Waals surface area contributed by atoms with Crippen LogP contribution in [0.1, 0.15) is 5.56 Å². The number of hydrogen-bond donors (Lipinski definition) is 2. The maximum absolute atomic E-state index is 8.85. The zero-order chi connectivity index (χ0) is 16.9. The molecule has 3 heterocycles. The van der Waals surface area contributed by atoms with Crippen LogP contribution in [0.25, 0.3) is 16.9 Å². The second-order valence-corrected chi connectivity index (χ2v) is 5.30. The Morgan fingerprint density at radius 1 is 1.42 bits per heavy atom. The molecule has 8 heteroatoms. The van der Waals surface area contributed by atoms with Gasteiger partial charge in [-0.05, 0) is 12.1 Å². The maximum Gasteiger partial charge on any atom is 0.237 e. The van der Waals surface area contributed by atoms with E-state index in [1.54, 1.807) is 24.0 Å². The van der Waals surface area contributed by atoms with Crippen LogP contribution < -0.4 is 9.46 Å². The predicted molar refractivity (Wildman–Crippen MR) is 93.9 cm³/mol. The van der Waals surface area contributed by atoms with Crippen molar-refractivity contribution in [1.82, 2.24) is 19.6 Å². The average Bonchev–Trinajstić information content (AvgIpc) is 3.02. The molecular formula is C16H15N5O2S. The highest BCUT2D eigenvalue weighted by atomic mass is 32.2. The summed E-state index contributed by atoms with van der Waals surface area (Å²) in [5.74, 6) is 5.98. The van der Waals surface area contributed by atoms with Crippen molar-refractivity contribution < 1.29 is 9.84 Å². The number of ether oxygens (including phenoxy) is 1. The van der Waals surface area contributed by atoms with Gasteiger partial charge in [0.1, 0.15) is 12.3 Å². The van der Waals surface area contributed by atoms with Gasteiger partial charge in [0.25, 0.3) is 0 Å². The Balaban J connectivity index is 2.07. The van der Waals surface area contributed by atoms with Crippen LogP contribution in [-0.2, 0) is 0 Å². The number of pyridine rings is 1. The van der Waals surface area contributed by atoms with E-state index >= 15 is 0 Å². The molecule has 0 atom stereocenters. The van der Waals surface area contributed by atoms with Gasteiger partial charge in [0.05, 0.1) is 24.6 Å². The molecule has 0 saturated heterocycles. The Morgan fingerprint density at radius 2 is 2.29 bits per heavy atom. The minimum atomic E-state index is -0.205. The quantitative estimate of drug-likeness (QED) is 0.553. The van der Waals surface area contributed by atoms with E-state index in [-0.39, 0.29) is 6.61 Å². The first-order chi connectivity index (χ1) is 11.8. The van der Waals surface area contributed by atoms with Gasteiger partial charge < -0.3 is 14.6 Å². The van der Waals surface area contributed by atoms with Crippen LogP contribution in [0.15, 0.2) is 30.7 Å². The molecule has 0 spiro atoms. The molecule has 24 heavy (non-hydrogen) atoms. The van der Waals surface area contributed by atoms with Gasteiger partial charge in [-0.2, -0.15) is 5.10 Å². The van der Waals surface area contributed by atoms with Gasteiger partial charge in [0.2, 0.25) is 5.88 Å². The van der Waals surface area contributed by atoms with E-state index in [2.05, 4.69) is 31.6 Å². The van der Waals surface area contributed by atoms with Gasteiger partial charge in [-0.15, -0.1) is 0 Å². The van der Waals surface area contributed by atoms with Crippen molar-refractivity contribution in [2.45, 2.75) is 0 Å². The molecule has 3 aromatic rings. The van der Waals surface area contributed by atoms with Gasteiger partial charge in [0, 0.05) is 24.2 Å². The Kier molecular flexibility index (Phi) is 4.84. The fourth-order valence-electron chi connectivity index (χ4n) is 2.19.